The number of ether oxygens (including phenoxy) is 1. The standard InChI is InChI=1S/C21H25BrFNO3S/c1-4-5-10-21(2)13-24(16-8-6-15(23)7-9-16)18-11-17(22)19(27-3)12-20(18)28(25,26)14-21/h6-9,11-12H,4-5,10,13-14H2,1-3H3. The number of nitrogens with zero attached hydrogens (tertiary/aromatic N) is 1. The molecule has 152 valence electrons. The third kappa shape index (κ3) is 4.20. The summed E-state index contributed by atoms with van der Waals surface area (Å²) >= 11 is 3.47. The number of methoxy groups -OCH3 is 1. The number of benzene rings is 2. The van der Waals surface area contributed by atoms with Gasteiger partial charge >= 0.3 is 0 Å². The highest BCUT2D eigenvalue weighted by atomic mass is 79.9. The highest BCUT2D eigenvalue weighted by molar-refractivity contribution is 9.10. The molecule has 0 N–H and O–H groups in total. The summed E-state index contributed by atoms with van der Waals surface area (Å²) in [4.78, 5) is 2.23. The highest BCUT2D eigenvalue weighted by Crippen LogP contribution is 2.45. The number of fused-ring (bicyclic) bond motifs is 1. The highest BCUT2D eigenvalue weighted by Gasteiger charge is 2.40. The fourth-order valence-corrected chi connectivity index (χ4v) is 6.37. The summed E-state index contributed by atoms with van der Waals surface area (Å²) < 4.78 is 46.2. The SMILES string of the molecule is CCCCC1(C)CN(c2ccc(F)cc2)c2cc(Br)c(OC)cc2S(=O)(=O)C1. The number of hydrogen-bond donors (Lipinski definition) is 0. The molecule has 0 fully saturated rings. The maximum Gasteiger partial charge on any atom is 0.181 e. The van der Waals surface area contributed by atoms with E-state index in [4.69, 9.17) is 4.74 Å². The minimum atomic E-state index is -3.53. The van der Waals surface area contributed by atoms with Gasteiger partial charge in [0.2, 0.25) is 0 Å². The molecule has 1 unspecified atom stereocenters. The molecule has 0 radical (unpaired) electrons. The maximum atomic E-state index is 13.5. The van der Waals surface area contributed by atoms with Crippen molar-refractivity contribution >= 4 is 37.1 Å². The van der Waals surface area contributed by atoms with E-state index in [2.05, 4.69) is 22.9 Å². The van der Waals surface area contributed by atoms with Crippen molar-refractivity contribution in [2.75, 3.05) is 24.3 Å². The van der Waals surface area contributed by atoms with Gasteiger partial charge in [-0.05, 0) is 58.1 Å². The number of unbranched alkanes of at least 4 members (excludes halogenated alkanes) is 1. The number of anilines is 2. The third-order valence-electron chi connectivity index (χ3n) is 5.21. The molecule has 0 bridgehead atoms. The lowest BCUT2D eigenvalue weighted by Crippen LogP contribution is -2.35. The molecule has 2 aromatic rings. The molecule has 2 aromatic carbocycles. The van der Waals surface area contributed by atoms with Crippen LogP contribution in [0.2, 0.25) is 0 Å². The van der Waals surface area contributed by atoms with Gasteiger partial charge in [-0.3, -0.25) is 0 Å². The zero-order valence-electron chi connectivity index (χ0n) is 16.3. The van der Waals surface area contributed by atoms with Gasteiger partial charge < -0.3 is 9.64 Å². The Balaban J connectivity index is 2.23. The van der Waals surface area contributed by atoms with Crippen molar-refractivity contribution in [3.63, 3.8) is 0 Å². The summed E-state index contributed by atoms with van der Waals surface area (Å²) in [7, 11) is -2.02. The molecule has 0 saturated carbocycles. The molecule has 0 spiro atoms. The molecule has 0 amide bonds. The first-order valence-corrected chi connectivity index (χ1v) is 11.8. The van der Waals surface area contributed by atoms with Gasteiger partial charge in [0.25, 0.3) is 0 Å². The van der Waals surface area contributed by atoms with Gasteiger partial charge in [0, 0.05) is 18.3 Å². The molecule has 1 heterocycles. The van der Waals surface area contributed by atoms with Crippen molar-refractivity contribution in [1.29, 1.82) is 0 Å². The smallest absolute Gasteiger partial charge is 0.181 e. The largest absolute Gasteiger partial charge is 0.496 e. The van der Waals surface area contributed by atoms with Crippen molar-refractivity contribution in [3.05, 3.63) is 46.7 Å². The zero-order chi connectivity index (χ0) is 20.5. The molecule has 0 aromatic heterocycles. The van der Waals surface area contributed by atoms with Crippen LogP contribution in [0.3, 0.4) is 0 Å². The number of hydrogen-bond acceptors (Lipinski definition) is 4. The molecule has 1 atom stereocenters. The monoisotopic (exact) mass is 469 g/mol. The Morgan fingerprint density at radius 3 is 2.54 bits per heavy atom. The molecule has 4 nitrogen and oxygen atoms in total. The summed E-state index contributed by atoms with van der Waals surface area (Å²) in [6.07, 6.45) is 2.75. The molecule has 0 aliphatic carbocycles. The summed E-state index contributed by atoms with van der Waals surface area (Å²) in [5, 5.41) is 0. The summed E-state index contributed by atoms with van der Waals surface area (Å²) in [6, 6.07) is 9.54. The number of halogens is 2. The van der Waals surface area contributed by atoms with Crippen LogP contribution in [0.25, 0.3) is 0 Å². The lowest BCUT2D eigenvalue weighted by atomic mass is 9.86. The second-order valence-electron chi connectivity index (χ2n) is 7.69. The Labute approximate surface area is 174 Å². The Bertz CT molecular complexity index is 962. The maximum absolute atomic E-state index is 13.5. The van der Waals surface area contributed by atoms with Crippen LogP contribution in [0.1, 0.15) is 33.1 Å². The normalized spacial score (nSPS) is 21.1. The average Bonchev–Trinajstić information content (AvgIpc) is 2.72. The number of rotatable bonds is 5. The second-order valence-corrected chi connectivity index (χ2v) is 10.5. The van der Waals surface area contributed by atoms with Crippen LogP contribution in [0.5, 0.6) is 5.75 Å². The fourth-order valence-electron chi connectivity index (χ4n) is 3.80. The lowest BCUT2D eigenvalue weighted by Gasteiger charge is -2.34. The van der Waals surface area contributed by atoms with E-state index in [0.29, 0.717) is 22.5 Å². The summed E-state index contributed by atoms with van der Waals surface area (Å²) in [5.41, 5.74) is 0.918. The molecule has 7 heteroatoms. The first-order valence-electron chi connectivity index (χ1n) is 9.32. The minimum Gasteiger partial charge on any atom is -0.496 e. The molecule has 1 aliphatic heterocycles. The number of sulfone groups is 1. The van der Waals surface area contributed by atoms with Crippen LogP contribution in [-0.4, -0.2) is 27.8 Å². The van der Waals surface area contributed by atoms with Gasteiger partial charge in [0.05, 0.1) is 27.9 Å². The average molecular weight is 470 g/mol. The first-order chi connectivity index (χ1) is 13.2. The molecular weight excluding hydrogens is 445 g/mol. The van der Waals surface area contributed by atoms with Crippen LogP contribution in [0.15, 0.2) is 45.8 Å². The van der Waals surface area contributed by atoms with E-state index < -0.39 is 15.3 Å². The Morgan fingerprint density at radius 2 is 1.93 bits per heavy atom. The fraction of sp³-hybridized carbons (Fsp3) is 0.429. The van der Waals surface area contributed by atoms with Crippen LogP contribution in [0, 0.1) is 11.2 Å². The van der Waals surface area contributed by atoms with E-state index >= 15 is 0 Å². The molecule has 28 heavy (non-hydrogen) atoms. The van der Waals surface area contributed by atoms with Crippen molar-refractivity contribution in [1.82, 2.24) is 0 Å². The van der Waals surface area contributed by atoms with E-state index in [1.807, 2.05) is 11.8 Å². The topological polar surface area (TPSA) is 46.6 Å². The van der Waals surface area contributed by atoms with Gasteiger partial charge in [-0.1, -0.05) is 26.7 Å². The zero-order valence-corrected chi connectivity index (χ0v) is 18.7. The lowest BCUT2D eigenvalue weighted by molar-refractivity contribution is 0.338. The summed E-state index contributed by atoms with van der Waals surface area (Å²) in [5.74, 6) is 0.213. The van der Waals surface area contributed by atoms with E-state index in [9.17, 15) is 12.8 Å². The van der Waals surface area contributed by atoms with Crippen LogP contribution in [-0.2, 0) is 9.84 Å². The Hall–Kier alpha value is -1.60. The van der Waals surface area contributed by atoms with E-state index in [0.717, 1.165) is 24.9 Å². The molecule has 1 aliphatic rings. The van der Waals surface area contributed by atoms with E-state index in [1.54, 1.807) is 24.3 Å². The quantitative estimate of drug-likeness (QED) is 0.561. The molecule has 0 saturated heterocycles. The molecule has 3 rings (SSSR count). The first kappa shape index (κ1) is 21.1. The van der Waals surface area contributed by atoms with Gasteiger partial charge in [0.1, 0.15) is 11.6 Å². The summed E-state index contributed by atoms with van der Waals surface area (Å²) in [6.45, 7) is 4.65. The van der Waals surface area contributed by atoms with Crippen LogP contribution >= 0.6 is 15.9 Å². The third-order valence-corrected chi connectivity index (χ3v) is 7.90. The Morgan fingerprint density at radius 1 is 1.25 bits per heavy atom. The van der Waals surface area contributed by atoms with Crippen LogP contribution < -0.4 is 9.64 Å². The van der Waals surface area contributed by atoms with Crippen molar-refractivity contribution in [2.45, 2.75) is 38.0 Å². The predicted molar refractivity (Wildman–Crippen MR) is 114 cm³/mol. The van der Waals surface area contributed by atoms with Crippen molar-refractivity contribution in [3.8, 4) is 5.75 Å². The Kier molecular flexibility index (Phi) is 6.05. The minimum absolute atomic E-state index is 0.0650. The van der Waals surface area contributed by atoms with Crippen LogP contribution in [0.4, 0.5) is 15.8 Å². The van der Waals surface area contributed by atoms with E-state index in [-0.39, 0.29) is 16.5 Å². The van der Waals surface area contributed by atoms with Crippen molar-refractivity contribution in [2.24, 2.45) is 5.41 Å². The van der Waals surface area contributed by atoms with E-state index in [1.165, 1.54) is 19.2 Å². The second kappa shape index (κ2) is 8.03. The van der Waals surface area contributed by atoms with Gasteiger partial charge in [-0.2, -0.15) is 0 Å². The predicted octanol–water partition coefficient (Wildman–Crippen LogP) is 5.72. The van der Waals surface area contributed by atoms with Crippen molar-refractivity contribution < 1.29 is 17.5 Å². The van der Waals surface area contributed by atoms with Gasteiger partial charge in [-0.25, -0.2) is 12.8 Å². The molecular formula is C21H25BrFNO3S. The van der Waals surface area contributed by atoms with Gasteiger partial charge in [0.15, 0.2) is 9.84 Å². The van der Waals surface area contributed by atoms with Gasteiger partial charge in [-0.15, -0.1) is 0 Å².